The van der Waals surface area contributed by atoms with E-state index in [0.29, 0.717) is 18.3 Å². The maximum absolute atomic E-state index is 11.5. The second-order valence-electron chi connectivity index (χ2n) is 6.92. The van der Waals surface area contributed by atoms with Gasteiger partial charge in [0.2, 0.25) is 11.8 Å². The van der Waals surface area contributed by atoms with Crippen molar-refractivity contribution >= 4 is 35.8 Å². The van der Waals surface area contributed by atoms with Gasteiger partial charge in [-0.05, 0) is 37.3 Å². The highest BCUT2D eigenvalue weighted by Crippen LogP contribution is 2.29. The second kappa shape index (κ2) is 10.7. The number of carbonyl (C=O) groups excluding carboxylic acids is 1. The minimum absolute atomic E-state index is 0. The van der Waals surface area contributed by atoms with Crippen LogP contribution >= 0.6 is 24.0 Å². The third-order valence-electron chi connectivity index (χ3n) is 4.73. The summed E-state index contributed by atoms with van der Waals surface area (Å²) in [5, 5.41) is 3.36. The number of pyridine rings is 1. The van der Waals surface area contributed by atoms with Crippen molar-refractivity contribution in [2.45, 2.75) is 33.2 Å². The number of aromatic nitrogens is 1. The van der Waals surface area contributed by atoms with Gasteiger partial charge in [0.25, 0.3) is 0 Å². The lowest BCUT2D eigenvalue weighted by molar-refractivity contribution is -0.130. The Morgan fingerprint density at radius 1 is 1.30 bits per heavy atom. The van der Waals surface area contributed by atoms with Crippen LogP contribution in [0, 0.1) is 5.92 Å². The van der Waals surface area contributed by atoms with Crippen LogP contribution in [0.25, 0.3) is 0 Å². The molecule has 27 heavy (non-hydrogen) atoms. The lowest BCUT2D eigenvalue weighted by atomic mass is 10.2. The molecule has 1 aromatic rings. The summed E-state index contributed by atoms with van der Waals surface area (Å²) in [5.74, 6) is 2.44. The molecule has 0 unspecified atom stereocenters. The third kappa shape index (κ3) is 6.82. The zero-order chi connectivity index (χ0) is 18.4. The van der Waals surface area contributed by atoms with Gasteiger partial charge >= 0.3 is 0 Å². The number of aliphatic imine (C=N–C) groups is 1. The molecule has 0 spiro atoms. The quantitative estimate of drug-likeness (QED) is 0.378. The first-order valence-corrected chi connectivity index (χ1v) is 9.52. The van der Waals surface area contributed by atoms with Crippen LogP contribution in [0.3, 0.4) is 0 Å². The molecule has 8 heteroatoms. The van der Waals surface area contributed by atoms with E-state index >= 15 is 0 Å². The minimum Gasteiger partial charge on any atom is -0.477 e. The van der Waals surface area contributed by atoms with E-state index in [1.54, 1.807) is 13.1 Å². The first-order chi connectivity index (χ1) is 12.7. The average Bonchev–Trinajstić information content (AvgIpc) is 3.48. The first kappa shape index (κ1) is 21.7. The van der Waals surface area contributed by atoms with E-state index in [1.807, 2.05) is 17.0 Å². The molecule has 1 N–H and O–H groups in total. The molecule has 1 aliphatic carbocycles. The highest BCUT2D eigenvalue weighted by molar-refractivity contribution is 14.0. The molecule has 7 nitrogen and oxygen atoms in total. The lowest BCUT2D eigenvalue weighted by Gasteiger charge is -2.36. The van der Waals surface area contributed by atoms with Crippen molar-refractivity contribution in [3.05, 3.63) is 23.9 Å². The molecule has 2 heterocycles. The Labute approximate surface area is 178 Å². The highest BCUT2D eigenvalue weighted by atomic mass is 127. The molecule has 3 rings (SSSR count). The number of hydrogen-bond donors (Lipinski definition) is 1. The highest BCUT2D eigenvalue weighted by Gasteiger charge is 2.22. The van der Waals surface area contributed by atoms with Gasteiger partial charge in [0.05, 0.1) is 13.2 Å². The van der Waals surface area contributed by atoms with E-state index in [0.717, 1.165) is 50.9 Å². The van der Waals surface area contributed by atoms with E-state index in [-0.39, 0.29) is 29.9 Å². The van der Waals surface area contributed by atoms with Crippen molar-refractivity contribution < 1.29 is 9.53 Å². The van der Waals surface area contributed by atoms with Crippen LogP contribution < -0.4 is 10.1 Å². The van der Waals surface area contributed by atoms with Gasteiger partial charge < -0.3 is 19.9 Å². The number of nitrogens with one attached hydrogen (secondary N) is 1. The van der Waals surface area contributed by atoms with Gasteiger partial charge in [0.1, 0.15) is 0 Å². The van der Waals surface area contributed by atoms with Gasteiger partial charge in [-0.3, -0.25) is 4.79 Å². The summed E-state index contributed by atoms with van der Waals surface area (Å²) < 4.78 is 5.75. The molecule has 1 saturated heterocycles. The van der Waals surface area contributed by atoms with Crippen molar-refractivity contribution in [2.75, 3.05) is 39.3 Å². The Hall–Kier alpha value is -1.58. The molecule has 1 aliphatic heterocycles. The van der Waals surface area contributed by atoms with Crippen LogP contribution in [0.5, 0.6) is 5.88 Å². The van der Waals surface area contributed by atoms with E-state index in [1.165, 1.54) is 12.8 Å². The standard InChI is InChI=1S/C19H29N5O2.HI/c1-3-20-19(24-10-8-23(9-11-24)15(2)25)22-13-17-6-7-21-18(12-17)26-14-16-4-5-16;/h6-7,12,16H,3-5,8-11,13-14H2,1-2H3,(H,20,22);1H. The third-order valence-corrected chi connectivity index (χ3v) is 4.73. The molecule has 1 amide bonds. The Balaban J connectivity index is 0.00000261. The zero-order valence-corrected chi connectivity index (χ0v) is 18.5. The number of halogens is 1. The number of ether oxygens (including phenoxy) is 1. The van der Waals surface area contributed by atoms with Gasteiger partial charge in [-0.15, -0.1) is 24.0 Å². The summed E-state index contributed by atoms with van der Waals surface area (Å²) >= 11 is 0. The van der Waals surface area contributed by atoms with Crippen LogP contribution in [0.4, 0.5) is 0 Å². The van der Waals surface area contributed by atoms with Crippen LogP contribution in [0.2, 0.25) is 0 Å². The fourth-order valence-corrected chi connectivity index (χ4v) is 2.94. The fraction of sp³-hybridized carbons (Fsp3) is 0.632. The van der Waals surface area contributed by atoms with Crippen molar-refractivity contribution in [1.82, 2.24) is 20.1 Å². The van der Waals surface area contributed by atoms with Gasteiger partial charge in [0, 0.05) is 51.9 Å². The molecule has 2 fully saturated rings. The molecule has 150 valence electrons. The van der Waals surface area contributed by atoms with E-state index < -0.39 is 0 Å². The van der Waals surface area contributed by atoms with E-state index in [2.05, 4.69) is 22.1 Å². The van der Waals surface area contributed by atoms with Crippen molar-refractivity contribution in [2.24, 2.45) is 10.9 Å². The smallest absolute Gasteiger partial charge is 0.219 e. The average molecular weight is 487 g/mol. The van der Waals surface area contributed by atoms with Crippen LogP contribution in [-0.4, -0.2) is 66.0 Å². The van der Waals surface area contributed by atoms with Gasteiger partial charge in [-0.25, -0.2) is 9.98 Å². The SMILES string of the molecule is CCNC(=NCc1ccnc(OCC2CC2)c1)N1CCN(C(C)=O)CC1.I. The first-order valence-electron chi connectivity index (χ1n) is 9.52. The summed E-state index contributed by atoms with van der Waals surface area (Å²) in [6.07, 6.45) is 4.32. The summed E-state index contributed by atoms with van der Waals surface area (Å²) in [4.78, 5) is 24.6. The summed E-state index contributed by atoms with van der Waals surface area (Å²) in [6, 6.07) is 3.95. The summed E-state index contributed by atoms with van der Waals surface area (Å²) in [6.45, 7) is 8.95. The van der Waals surface area contributed by atoms with Crippen molar-refractivity contribution in [1.29, 1.82) is 0 Å². The Morgan fingerprint density at radius 3 is 2.63 bits per heavy atom. The Kier molecular flexibility index (Phi) is 8.59. The summed E-state index contributed by atoms with van der Waals surface area (Å²) in [7, 11) is 0. The molecule has 1 aromatic heterocycles. The molecule has 0 bridgehead atoms. The number of amides is 1. The van der Waals surface area contributed by atoms with Gasteiger partial charge in [0.15, 0.2) is 5.96 Å². The maximum Gasteiger partial charge on any atom is 0.219 e. The largest absolute Gasteiger partial charge is 0.477 e. The molecular formula is C19H30IN5O2. The van der Waals surface area contributed by atoms with Crippen LogP contribution in [0.1, 0.15) is 32.3 Å². The Morgan fingerprint density at radius 2 is 2.00 bits per heavy atom. The normalized spacial score (nSPS) is 17.3. The predicted molar refractivity (Wildman–Crippen MR) is 117 cm³/mol. The van der Waals surface area contributed by atoms with Crippen molar-refractivity contribution in [3.8, 4) is 5.88 Å². The van der Waals surface area contributed by atoms with Gasteiger partial charge in [-0.1, -0.05) is 0 Å². The number of guanidine groups is 1. The summed E-state index contributed by atoms with van der Waals surface area (Å²) in [5.41, 5.74) is 1.09. The molecule has 0 radical (unpaired) electrons. The van der Waals surface area contributed by atoms with E-state index in [4.69, 9.17) is 9.73 Å². The number of piperazine rings is 1. The number of rotatable bonds is 6. The van der Waals surface area contributed by atoms with Gasteiger partial charge in [-0.2, -0.15) is 0 Å². The topological polar surface area (TPSA) is 70.1 Å². The molecule has 0 aromatic carbocycles. The van der Waals surface area contributed by atoms with Crippen LogP contribution in [0.15, 0.2) is 23.3 Å². The lowest BCUT2D eigenvalue weighted by Crippen LogP contribution is -2.53. The number of nitrogens with zero attached hydrogens (tertiary/aromatic N) is 4. The molecular weight excluding hydrogens is 457 g/mol. The monoisotopic (exact) mass is 487 g/mol. The maximum atomic E-state index is 11.5. The number of carbonyl (C=O) groups is 1. The fourth-order valence-electron chi connectivity index (χ4n) is 2.94. The number of hydrogen-bond acceptors (Lipinski definition) is 4. The van der Waals surface area contributed by atoms with E-state index in [9.17, 15) is 4.79 Å². The Bertz CT molecular complexity index is 643. The second-order valence-corrected chi connectivity index (χ2v) is 6.92. The van der Waals surface area contributed by atoms with Crippen LogP contribution in [-0.2, 0) is 11.3 Å². The predicted octanol–water partition coefficient (Wildman–Crippen LogP) is 2.12. The zero-order valence-electron chi connectivity index (χ0n) is 16.2. The van der Waals surface area contributed by atoms with Crippen molar-refractivity contribution in [3.63, 3.8) is 0 Å². The molecule has 1 saturated carbocycles. The minimum atomic E-state index is 0. The molecule has 2 aliphatic rings. The molecule has 0 atom stereocenters.